The Balaban J connectivity index is 2.28. The molecule has 0 aliphatic carbocycles. The van der Waals surface area contributed by atoms with Crippen molar-refractivity contribution in [3.63, 3.8) is 0 Å². The molecule has 0 radical (unpaired) electrons. The summed E-state index contributed by atoms with van der Waals surface area (Å²) < 4.78 is 21.7. The molecule has 0 saturated carbocycles. The number of alkyl carbamates (subject to hydrolysis) is 1. The number of rotatable bonds is 10. The lowest BCUT2D eigenvalue weighted by Gasteiger charge is -2.15. The predicted molar refractivity (Wildman–Crippen MR) is 117 cm³/mol. The zero-order valence-corrected chi connectivity index (χ0v) is 19.1. The summed E-state index contributed by atoms with van der Waals surface area (Å²) in [5.41, 5.74) is 2.03. The number of amides is 1. The maximum absolute atomic E-state index is 13.2. The molecule has 2 aromatic carbocycles. The van der Waals surface area contributed by atoms with Crippen LogP contribution in [0.3, 0.4) is 0 Å². The van der Waals surface area contributed by atoms with Crippen molar-refractivity contribution < 1.29 is 28.5 Å². The van der Waals surface area contributed by atoms with Gasteiger partial charge >= 0.3 is 6.09 Å². The van der Waals surface area contributed by atoms with E-state index in [9.17, 15) is 9.59 Å². The molecule has 7 nitrogen and oxygen atoms in total. The van der Waals surface area contributed by atoms with Gasteiger partial charge in [0.05, 0.1) is 27.9 Å². The minimum absolute atomic E-state index is 0.0870. The lowest BCUT2D eigenvalue weighted by molar-refractivity contribution is 0.0991. The van der Waals surface area contributed by atoms with Gasteiger partial charge in [-0.15, -0.1) is 0 Å². The molecule has 0 aromatic heterocycles. The second-order valence-electron chi connectivity index (χ2n) is 6.28. The van der Waals surface area contributed by atoms with Gasteiger partial charge < -0.3 is 24.3 Å². The Morgan fingerprint density at radius 2 is 1.80 bits per heavy atom. The van der Waals surface area contributed by atoms with Gasteiger partial charge in [0.2, 0.25) is 0 Å². The molecule has 162 valence electrons. The fourth-order valence-corrected chi connectivity index (χ4v) is 3.50. The lowest BCUT2D eigenvalue weighted by atomic mass is 9.96. The van der Waals surface area contributed by atoms with Crippen molar-refractivity contribution >= 4 is 27.8 Å². The fourth-order valence-electron chi connectivity index (χ4n) is 3.04. The van der Waals surface area contributed by atoms with Crippen LogP contribution in [0.15, 0.2) is 34.8 Å². The van der Waals surface area contributed by atoms with Crippen molar-refractivity contribution in [2.75, 3.05) is 34.5 Å². The number of hydrogen-bond acceptors (Lipinski definition) is 6. The molecule has 2 aromatic rings. The van der Waals surface area contributed by atoms with Crippen molar-refractivity contribution in [2.45, 2.75) is 19.8 Å². The van der Waals surface area contributed by atoms with E-state index in [1.165, 1.54) is 7.11 Å². The predicted octanol–water partition coefficient (Wildman–Crippen LogP) is 4.19. The molecule has 30 heavy (non-hydrogen) atoms. The van der Waals surface area contributed by atoms with Gasteiger partial charge in [-0.05, 0) is 49.2 Å². The number of benzene rings is 2. The van der Waals surface area contributed by atoms with Crippen LogP contribution in [0.1, 0.15) is 28.4 Å². The maximum atomic E-state index is 13.2. The highest BCUT2D eigenvalue weighted by Gasteiger charge is 2.20. The van der Waals surface area contributed by atoms with Crippen molar-refractivity contribution in [3.8, 4) is 17.2 Å². The molecular weight excluding hydrogens is 454 g/mol. The summed E-state index contributed by atoms with van der Waals surface area (Å²) >= 11 is 3.50. The van der Waals surface area contributed by atoms with Gasteiger partial charge in [-0.1, -0.05) is 15.9 Å². The van der Waals surface area contributed by atoms with E-state index in [4.69, 9.17) is 18.9 Å². The number of hydrogen-bond donors (Lipinski definition) is 1. The summed E-state index contributed by atoms with van der Waals surface area (Å²) in [6.07, 6.45) is 0.0809. The number of halogens is 1. The molecule has 0 bridgehead atoms. The van der Waals surface area contributed by atoms with E-state index in [1.54, 1.807) is 45.4 Å². The molecule has 1 amide bonds. The highest BCUT2D eigenvalue weighted by atomic mass is 79.9. The number of carbonyl (C=O) groups is 2. The van der Waals surface area contributed by atoms with Gasteiger partial charge in [-0.3, -0.25) is 4.79 Å². The topological polar surface area (TPSA) is 83.1 Å². The number of nitrogens with one attached hydrogen (secondary N) is 1. The molecule has 1 N–H and O–H groups in total. The third-order valence-corrected chi connectivity index (χ3v) is 5.22. The Hall–Kier alpha value is -2.74. The van der Waals surface area contributed by atoms with E-state index in [-0.39, 0.29) is 12.2 Å². The third kappa shape index (κ3) is 5.89. The monoisotopic (exact) mass is 479 g/mol. The minimum atomic E-state index is -0.488. The van der Waals surface area contributed by atoms with Crippen LogP contribution >= 0.6 is 15.9 Å². The zero-order valence-electron chi connectivity index (χ0n) is 17.5. The highest BCUT2D eigenvalue weighted by Crippen LogP contribution is 2.37. The Morgan fingerprint density at radius 3 is 2.43 bits per heavy atom. The van der Waals surface area contributed by atoms with Crippen LogP contribution in [-0.4, -0.2) is 46.4 Å². The van der Waals surface area contributed by atoms with Crippen molar-refractivity contribution in [3.05, 3.63) is 51.5 Å². The summed E-state index contributed by atoms with van der Waals surface area (Å²) in [5.74, 6) is 1.62. The number of methoxy groups -OCH3 is 3. The second kappa shape index (κ2) is 11.4. The van der Waals surface area contributed by atoms with E-state index in [1.807, 2.05) is 6.07 Å². The quantitative estimate of drug-likeness (QED) is 0.514. The molecule has 0 saturated heterocycles. The van der Waals surface area contributed by atoms with Crippen molar-refractivity contribution in [1.29, 1.82) is 0 Å². The molecule has 8 heteroatoms. The Labute approximate surface area is 184 Å². The fraction of sp³-hybridized carbons (Fsp3) is 0.364. The number of Topliss-reactive ketones (excluding diaryl/α,β-unsaturated/α-hetero) is 1. The van der Waals surface area contributed by atoms with E-state index < -0.39 is 6.09 Å². The van der Waals surface area contributed by atoms with Crippen molar-refractivity contribution in [1.82, 2.24) is 5.32 Å². The Bertz CT molecular complexity index is 899. The van der Waals surface area contributed by atoms with E-state index in [0.717, 1.165) is 10.0 Å². The molecule has 0 spiro atoms. The largest absolute Gasteiger partial charge is 0.497 e. The number of ketones is 1. The Kier molecular flexibility index (Phi) is 8.98. The first kappa shape index (κ1) is 23.5. The van der Waals surface area contributed by atoms with Gasteiger partial charge in [-0.2, -0.15) is 0 Å². The highest BCUT2D eigenvalue weighted by molar-refractivity contribution is 9.10. The summed E-state index contributed by atoms with van der Waals surface area (Å²) in [5, 5.41) is 2.67. The molecule has 2 rings (SSSR count). The van der Waals surface area contributed by atoms with E-state index in [2.05, 4.69) is 21.2 Å². The number of ether oxygens (including phenoxy) is 4. The smallest absolute Gasteiger partial charge is 0.407 e. The summed E-state index contributed by atoms with van der Waals surface area (Å²) in [7, 11) is 4.66. The van der Waals surface area contributed by atoms with Crippen LogP contribution in [-0.2, 0) is 17.6 Å². The first-order valence-electron chi connectivity index (χ1n) is 9.45. The molecule has 0 atom stereocenters. The van der Waals surface area contributed by atoms with Crippen molar-refractivity contribution in [2.24, 2.45) is 0 Å². The van der Waals surface area contributed by atoms with Crippen LogP contribution in [0.5, 0.6) is 17.2 Å². The van der Waals surface area contributed by atoms with Gasteiger partial charge in [0.25, 0.3) is 0 Å². The van der Waals surface area contributed by atoms with E-state index >= 15 is 0 Å². The first-order chi connectivity index (χ1) is 14.4. The minimum Gasteiger partial charge on any atom is -0.497 e. The van der Waals surface area contributed by atoms with Gasteiger partial charge in [0, 0.05) is 28.6 Å². The lowest BCUT2D eigenvalue weighted by Crippen LogP contribution is -2.26. The van der Waals surface area contributed by atoms with Crippen LogP contribution in [0.2, 0.25) is 0 Å². The zero-order chi connectivity index (χ0) is 22.1. The average Bonchev–Trinajstić information content (AvgIpc) is 2.74. The molecular formula is C22H26BrNO6. The first-order valence-corrected chi connectivity index (χ1v) is 10.2. The van der Waals surface area contributed by atoms with E-state index in [0.29, 0.717) is 47.9 Å². The third-order valence-electron chi connectivity index (χ3n) is 4.48. The SMILES string of the molecule is CCOC(=O)NCCc1cc(OC)ccc1C(=O)Cc1c(Br)ccc(OC)c1OC. The van der Waals surface area contributed by atoms with Crippen LogP contribution in [0.4, 0.5) is 4.79 Å². The summed E-state index contributed by atoms with van der Waals surface area (Å²) in [4.78, 5) is 24.7. The summed E-state index contributed by atoms with van der Waals surface area (Å²) in [6, 6.07) is 8.88. The van der Waals surface area contributed by atoms with Crippen LogP contribution in [0.25, 0.3) is 0 Å². The molecule has 0 aliphatic rings. The van der Waals surface area contributed by atoms with Gasteiger partial charge in [-0.25, -0.2) is 4.79 Å². The van der Waals surface area contributed by atoms with Crippen LogP contribution in [0, 0.1) is 0 Å². The standard InChI is InChI=1S/C22H26BrNO6/c1-5-30-22(26)24-11-10-14-12-15(27-2)6-7-16(14)19(25)13-17-18(23)8-9-20(28-3)21(17)29-4/h6-9,12H,5,10-11,13H2,1-4H3,(H,24,26). The number of carbonyl (C=O) groups excluding carboxylic acids is 2. The van der Waals surface area contributed by atoms with Gasteiger partial charge in [0.1, 0.15) is 5.75 Å². The maximum Gasteiger partial charge on any atom is 0.407 e. The second-order valence-corrected chi connectivity index (χ2v) is 7.14. The normalized spacial score (nSPS) is 10.3. The van der Waals surface area contributed by atoms with Gasteiger partial charge in [0.15, 0.2) is 17.3 Å². The molecule has 0 aliphatic heterocycles. The molecule has 0 fully saturated rings. The molecule has 0 unspecified atom stereocenters. The molecule has 0 heterocycles. The Morgan fingerprint density at radius 1 is 1.03 bits per heavy atom. The van der Waals surface area contributed by atoms with Crippen LogP contribution < -0.4 is 19.5 Å². The summed E-state index contributed by atoms with van der Waals surface area (Å²) in [6.45, 7) is 2.37. The average molecular weight is 480 g/mol.